The van der Waals surface area contributed by atoms with Gasteiger partial charge in [-0.15, -0.1) is 0 Å². The third kappa shape index (κ3) is 7.60. The first-order chi connectivity index (χ1) is 9.99. The molecule has 0 aliphatic rings. The number of ether oxygens (including phenoxy) is 1. The first kappa shape index (κ1) is 17.4. The van der Waals surface area contributed by atoms with Gasteiger partial charge in [-0.05, 0) is 17.2 Å². The van der Waals surface area contributed by atoms with E-state index < -0.39 is 18.1 Å². The topological polar surface area (TPSA) is 75.6 Å². The summed E-state index contributed by atoms with van der Waals surface area (Å²) in [4.78, 5) is 22.7. The van der Waals surface area contributed by atoms with Crippen LogP contribution in [0, 0.1) is 5.92 Å². The van der Waals surface area contributed by atoms with Crippen LogP contribution >= 0.6 is 11.8 Å². The minimum Gasteiger partial charge on any atom is -0.480 e. The highest BCUT2D eigenvalue weighted by Gasteiger charge is 2.20. The van der Waals surface area contributed by atoms with E-state index in [-0.39, 0.29) is 6.61 Å². The van der Waals surface area contributed by atoms with E-state index in [1.165, 1.54) is 11.8 Å². The largest absolute Gasteiger partial charge is 0.480 e. The summed E-state index contributed by atoms with van der Waals surface area (Å²) in [5.41, 5.74) is 0.855. The Bertz CT molecular complexity index is 450. The maximum Gasteiger partial charge on any atom is 0.408 e. The highest BCUT2D eigenvalue weighted by atomic mass is 32.2. The number of carboxylic acid groups (broad SMARTS) is 1. The molecule has 1 amide bonds. The zero-order valence-corrected chi connectivity index (χ0v) is 13.1. The van der Waals surface area contributed by atoms with E-state index in [1.807, 2.05) is 30.3 Å². The van der Waals surface area contributed by atoms with Gasteiger partial charge in [0.25, 0.3) is 0 Å². The monoisotopic (exact) mass is 311 g/mol. The Kier molecular flexibility index (Phi) is 7.68. The van der Waals surface area contributed by atoms with Gasteiger partial charge in [0.15, 0.2) is 0 Å². The van der Waals surface area contributed by atoms with Crippen molar-refractivity contribution >= 4 is 23.8 Å². The molecule has 0 radical (unpaired) electrons. The van der Waals surface area contributed by atoms with Gasteiger partial charge < -0.3 is 15.2 Å². The third-order valence-electron chi connectivity index (χ3n) is 2.54. The maximum atomic E-state index is 11.6. The normalized spacial score (nSPS) is 12.0. The second-order valence-corrected chi connectivity index (χ2v) is 6.10. The summed E-state index contributed by atoms with van der Waals surface area (Å²) in [5, 5.41) is 11.5. The molecule has 1 aromatic carbocycles. The lowest BCUT2D eigenvalue weighted by Gasteiger charge is -2.15. The van der Waals surface area contributed by atoms with Gasteiger partial charge >= 0.3 is 12.1 Å². The number of hydrogen-bond donors (Lipinski definition) is 2. The molecule has 5 nitrogen and oxygen atoms in total. The number of amides is 1. The summed E-state index contributed by atoms with van der Waals surface area (Å²) in [6.45, 7) is 4.24. The molecule has 0 heterocycles. The first-order valence-electron chi connectivity index (χ1n) is 6.76. The lowest BCUT2D eigenvalue weighted by molar-refractivity contribution is -0.138. The maximum absolute atomic E-state index is 11.6. The number of rotatable bonds is 8. The molecule has 0 saturated carbocycles. The van der Waals surface area contributed by atoms with Crippen molar-refractivity contribution in [2.45, 2.75) is 26.5 Å². The summed E-state index contributed by atoms with van der Waals surface area (Å²) in [6.07, 6.45) is -0.712. The van der Waals surface area contributed by atoms with E-state index in [0.717, 1.165) is 11.3 Å². The SMILES string of the molecule is CC(C)CSCC(NC(=O)OCc1ccccc1)C(=O)O. The fourth-order valence-corrected chi connectivity index (χ4v) is 2.57. The van der Waals surface area contributed by atoms with Crippen LogP contribution in [0.2, 0.25) is 0 Å². The molecule has 0 aliphatic carbocycles. The molecule has 1 aromatic rings. The van der Waals surface area contributed by atoms with E-state index >= 15 is 0 Å². The van der Waals surface area contributed by atoms with Crippen molar-refractivity contribution in [2.75, 3.05) is 11.5 Å². The number of aliphatic carboxylic acids is 1. The smallest absolute Gasteiger partial charge is 0.408 e. The molecule has 0 bridgehead atoms. The second-order valence-electron chi connectivity index (χ2n) is 5.03. The van der Waals surface area contributed by atoms with Crippen LogP contribution in [0.15, 0.2) is 30.3 Å². The number of nitrogens with one attached hydrogen (secondary N) is 1. The van der Waals surface area contributed by atoms with Crippen molar-refractivity contribution in [2.24, 2.45) is 5.92 Å². The average molecular weight is 311 g/mol. The number of hydrogen-bond acceptors (Lipinski definition) is 4. The third-order valence-corrected chi connectivity index (χ3v) is 4.01. The number of alkyl carbamates (subject to hydrolysis) is 1. The lowest BCUT2D eigenvalue weighted by Crippen LogP contribution is -2.42. The quantitative estimate of drug-likeness (QED) is 0.772. The minimum atomic E-state index is -1.05. The number of carbonyl (C=O) groups excluding carboxylic acids is 1. The van der Waals surface area contributed by atoms with Crippen molar-refractivity contribution < 1.29 is 19.4 Å². The Morgan fingerprint density at radius 2 is 1.90 bits per heavy atom. The molecule has 1 atom stereocenters. The fraction of sp³-hybridized carbons (Fsp3) is 0.467. The van der Waals surface area contributed by atoms with E-state index in [2.05, 4.69) is 19.2 Å². The number of benzene rings is 1. The molecular formula is C15H21NO4S. The Hall–Kier alpha value is -1.69. The molecular weight excluding hydrogens is 290 g/mol. The van der Waals surface area contributed by atoms with Gasteiger partial charge in [-0.2, -0.15) is 11.8 Å². The van der Waals surface area contributed by atoms with Crippen molar-refractivity contribution in [3.8, 4) is 0 Å². The summed E-state index contributed by atoms with van der Waals surface area (Å²) < 4.78 is 5.01. The zero-order valence-electron chi connectivity index (χ0n) is 12.2. The summed E-state index contributed by atoms with van der Waals surface area (Å²) in [6, 6.07) is 8.30. The molecule has 0 aromatic heterocycles. The van der Waals surface area contributed by atoms with E-state index in [4.69, 9.17) is 9.84 Å². The molecule has 116 valence electrons. The highest BCUT2D eigenvalue weighted by molar-refractivity contribution is 7.99. The Morgan fingerprint density at radius 1 is 1.24 bits per heavy atom. The standard InChI is InChI=1S/C15H21NO4S/c1-11(2)9-21-10-13(14(17)18)16-15(19)20-8-12-6-4-3-5-7-12/h3-7,11,13H,8-10H2,1-2H3,(H,16,19)(H,17,18). The molecule has 0 saturated heterocycles. The summed E-state index contributed by atoms with van der Waals surface area (Å²) in [7, 11) is 0. The van der Waals surface area contributed by atoms with Crippen molar-refractivity contribution in [3.63, 3.8) is 0 Å². The molecule has 21 heavy (non-hydrogen) atoms. The molecule has 1 unspecified atom stereocenters. The van der Waals surface area contributed by atoms with Crippen LogP contribution in [0.5, 0.6) is 0 Å². The van der Waals surface area contributed by atoms with E-state index in [1.54, 1.807) is 0 Å². The van der Waals surface area contributed by atoms with E-state index in [0.29, 0.717) is 11.7 Å². The fourth-order valence-electron chi connectivity index (χ4n) is 1.50. The molecule has 0 fully saturated rings. The van der Waals surface area contributed by atoms with Crippen LogP contribution in [-0.2, 0) is 16.1 Å². The molecule has 0 aliphatic heterocycles. The predicted octanol–water partition coefficient (Wildman–Crippen LogP) is 2.76. The second kappa shape index (κ2) is 9.28. The van der Waals surface area contributed by atoms with Crippen LogP contribution in [-0.4, -0.2) is 34.7 Å². The van der Waals surface area contributed by atoms with Crippen molar-refractivity contribution in [1.29, 1.82) is 0 Å². The van der Waals surface area contributed by atoms with Crippen LogP contribution in [0.25, 0.3) is 0 Å². The number of carbonyl (C=O) groups is 2. The van der Waals surface area contributed by atoms with Gasteiger partial charge in [0.1, 0.15) is 12.6 Å². The zero-order chi connectivity index (χ0) is 15.7. The van der Waals surface area contributed by atoms with Crippen LogP contribution in [0.1, 0.15) is 19.4 Å². The molecule has 0 spiro atoms. The van der Waals surface area contributed by atoms with Crippen molar-refractivity contribution in [3.05, 3.63) is 35.9 Å². The number of carboxylic acids is 1. The van der Waals surface area contributed by atoms with E-state index in [9.17, 15) is 9.59 Å². The molecule has 1 rings (SSSR count). The van der Waals surface area contributed by atoms with Gasteiger partial charge in [-0.3, -0.25) is 0 Å². The summed E-state index contributed by atoms with van der Waals surface area (Å²) in [5.74, 6) is 0.607. The van der Waals surface area contributed by atoms with Crippen molar-refractivity contribution in [1.82, 2.24) is 5.32 Å². The van der Waals surface area contributed by atoms with Gasteiger partial charge in [-0.1, -0.05) is 44.2 Å². The lowest BCUT2D eigenvalue weighted by atomic mass is 10.2. The molecule has 6 heteroatoms. The Morgan fingerprint density at radius 3 is 2.48 bits per heavy atom. The predicted molar refractivity (Wildman–Crippen MR) is 83.3 cm³/mol. The van der Waals surface area contributed by atoms with Gasteiger partial charge in [0, 0.05) is 5.75 Å². The average Bonchev–Trinajstić information content (AvgIpc) is 2.44. The highest BCUT2D eigenvalue weighted by Crippen LogP contribution is 2.09. The van der Waals surface area contributed by atoms with Gasteiger partial charge in [0.2, 0.25) is 0 Å². The van der Waals surface area contributed by atoms with Crippen LogP contribution in [0.4, 0.5) is 4.79 Å². The number of thioether (sulfide) groups is 1. The van der Waals surface area contributed by atoms with Gasteiger partial charge in [-0.25, -0.2) is 9.59 Å². The Balaban J connectivity index is 2.36. The first-order valence-corrected chi connectivity index (χ1v) is 7.92. The van der Waals surface area contributed by atoms with Crippen LogP contribution in [0.3, 0.4) is 0 Å². The minimum absolute atomic E-state index is 0.123. The van der Waals surface area contributed by atoms with Gasteiger partial charge in [0.05, 0.1) is 0 Å². The van der Waals surface area contributed by atoms with Crippen LogP contribution < -0.4 is 5.32 Å². The Labute approximate surface area is 129 Å². The summed E-state index contributed by atoms with van der Waals surface area (Å²) >= 11 is 1.50. The molecule has 2 N–H and O–H groups in total.